The van der Waals surface area contributed by atoms with Gasteiger partial charge in [-0.05, 0) is 54.4 Å². The van der Waals surface area contributed by atoms with Crippen molar-refractivity contribution in [3.63, 3.8) is 0 Å². The largest absolute Gasteiger partial charge is 0.339 e. The van der Waals surface area contributed by atoms with Crippen LogP contribution < -0.4 is 0 Å². The normalized spacial score (nSPS) is 11.1. The van der Waals surface area contributed by atoms with Crippen LogP contribution in [0.15, 0.2) is 60.9 Å². The van der Waals surface area contributed by atoms with Crippen LogP contribution in [0.25, 0.3) is 28.0 Å². The molecule has 1 N–H and O–H groups in total. The third-order valence-electron chi connectivity index (χ3n) is 4.42. The van der Waals surface area contributed by atoms with Gasteiger partial charge in [-0.3, -0.25) is 4.40 Å². The van der Waals surface area contributed by atoms with Gasteiger partial charge in [-0.25, -0.2) is 4.98 Å². The van der Waals surface area contributed by atoms with Crippen molar-refractivity contribution in [3.05, 3.63) is 76.8 Å². The molecule has 2 aromatic carbocycles. The van der Waals surface area contributed by atoms with Crippen molar-refractivity contribution >= 4 is 17.9 Å². The van der Waals surface area contributed by atoms with Gasteiger partial charge in [-0.1, -0.05) is 42.5 Å². The maximum atomic E-state index is 5.40. The molecule has 0 fully saturated rings. The molecule has 0 atom stereocenters. The van der Waals surface area contributed by atoms with Gasteiger partial charge in [0.1, 0.15) is 5.65 Å². The number of aromatic nitrogens is 3. The van der Waals surface area contributed by atoms with Crippen LogP contribution in [0.3, 0.4) is 0 Å². The fourth-order valence-electron chi connectivity index (χ4n) is 2.89. The van der Waals surface area contributed by atoms with E-state index in [4.69, 9.17) is 12.2 Å². The predicted molar refractivity (Wildman–Crippen MR) is 101 cm³/mol. The molecule has 0 spiro atoms. The minimum Gasteiger partial charge on any atom is -0.339 e. The summed E-state index contributed by atoms with van der Waals surface area (Å²) in [4.78, 5) is 7.90. The van der Waals surface area contributed by atoms with Crippen LogP contribution in [-0.4, -0.2) is 14.4 Å². The van der Waals surface area contributed by atoms with E-state index in [9.17, 15) is 0 Å². The number of hydrogen-bond donors (Lipinski definition) is 1. The fraction of sp³-hybridized carbons (Fsp3) is 0.100. The molecular weight excluding hydrogens is 314 g/mol. The van der Waals surface area contributed by atoms with E-state index in [0.29, 0.717) is 4.77 Å². The zero-order valence-electron chi connectivity index (χ0n) is 13.6. The molecule has 0 saturated carbocycles. The summed E-state index contributed by atoms with van der Waals surface area (Å²) in [6.45, 7) is 4.25. The lowest BCUT2D eigenvalue weighted by atomic mass is 10.0. The molecule has 4 heteroatoms. The molecule has 0 aliphatic heterocycles. The van der Waals surface area contributed by atoms with E-state index in [2.05, 4.69) is 54.1 Å². The van der Waals surface area contributed by atoms with Gasteiger partial charge in [0.05, 0.1) is 5.69 Å². The molecule has 4 aromatic rings. The fourth-order valence-corrected chi connectivity index (χ4v) is 3.09. The molecule has 0 saturated heterocycles. The van der Waals surface area contributed by atoms with Gasteiger partial charge in [0.2, 0.25) is 4.77 Å². The monoisotopic (exact) mass is 331 g/mol. The van der Waals surface area contributed by atoms with Gasteiger partial charge in [-0.15, -0.1) is 0 Å². The van der Waals surface area contributed by atoms with Crippen LogP contribution in [0.1, 0.15) is 11.1 Å². The summed E-state index contributed by atoms with van der Waals surface area (Å²) in [5.74, 6) is 0. The molecule has 3 nitrogen and oxygen atoms in total. The van der Waals surface area contributed by atoms with E-state index >= 15 is 0 Å². The zero-order chi connectivity index (χ0) is 16.7. The Hall–Kier alpha value is -2.72. The van der Waals surface area contributed by atoms with Gasteiger partial charge in [0.25, 0.3) is 0 Å². The van der Waals surface area contributed by atoms with Crippen molar-refractivity contribution in [1.82, 2.24) is 14.4 Å². The average Bonchev–Trinajstić information content (AvgIpc) is 3.05. The maximum absolute atomic E-state index is 5.40. The number of rotatable bonds is 2. The molecular formula is C20H17N3S. The van der Waals surface area contributed by atoms with Crippen molar-refractivity contribution in [1.29, 1.82) is 0 Å². The Balaban J connectivity index is 1.96. The molecule has 0 aliphatic carbocycles. The highest BCUT2D eigenvalue weighted by atomic mass is 32.1. The van der Waals surface area contributed by atoms with E-state index < -0.39 is 0 Å². The Labute approximate surface area is 145 Å². The van der Waals surface area contributed by atoms with Crippen molar-refractivity contribution in [2.75, 3.05) is 0 Å². The Morgan fingerprint density at radius 1 is 0.958 bits per heavy atom. The van der Waals surface area contributed by atoms with E-state index in [1.54, 1.807) is 0 Å². The topological polar surface area (TPSA) is 33.1 Å². The van der Waals surface area contributed by atoms with E-state index in [-0.39, 0.29) is 0 Å². The first-order chi connectivity index (χ1) is 11.6. The lowest BCUT2D eigenvalue weighted by molar-refractivity contribution is 1.06. The first kappa shape index (κ1) is 14.8. The Bertz CT molecular complexity index is 1090. The number of nitrogens with zero attached hydrogens (tertiary/aromatic N) is 2. The SMILES string of the molecule is Cc1ccc(-c2cn3c(=S)ncc(-c4ccccc4)c3[nH]2)cc1C. The predicted octanol–water partition coefficient (Wildman–Crippen LogP) is 5.34. The minimum atomic E-state index is 0.552. The Kier molecular flexibility index (Phi) is 3.54. The number of aryl methyl sites for hydroxylation is 2. The molecule has 0 unspecified atom stereocenters. The van der Waals surface area contributed by atoms with E-state index in [0.717, 1.165) is 28.0 Å². The highest BCUT2D eigenvalue weighted by Gasteiger charge is 2.10. The second kappa shape index (κ2) is 5.73. The maximum Gasteiger partial charge on any atom is 0.205 e. The van der Waals surface area contributed by atoms with Crippen LogP contribution >= 0.6 is 12.2 Å². The van der Waals surface area contributed by atoms with E-state index in [1.165, 1.54) is 11.1 Å². The molecule has 4 rings (SSSR count). The van der Waals surface area contributed by atoms with Crippen molar-refractivity contribution in [2.45, 2.75) is 13.8 Å². The molecule has 2 heterocycles. The molecule has 0 bridgehead atoms. The average molecular weight is 331 g/mol. The highest BCUT2D eigenvalue weighted by Crippen LogP contribution is 2.27. The molecule has 0 aliphatic rings. The van der Waals surface area contributed by atoms with Crippen molar-refractivity contribution < 1.29 is 0 Å². The molecule has 2 aromatic heterocycles. The second-order valence-electron chi connectivity index (χ2n) is 6.01. The van der Waals surface area contributed by atoms with Gasteiger partial charge in [-0.2, -0.15) is 0 Å². The number of hydrogen-bond acceptors (Lipinski definition) is 2. The quantitative estimate of drug-likeness (QED) is 0.503. The summed E-state index contributed by atoms with van der Waals surface area (Å²) in [5, 5.41) is 0. The third kappa shape index (κ3) is 2.45. The molecule has 0 amide bonds. The lowest BCUT2D eigenvalue weighted by Crippen LogP contribution is -1.92. The van der Waals surface area contributed by atoms with Crippen LogP contribution in [0.5, 0.6) is 0 Å². The standard InChI is InChI=1S/C20H17N3S/c1-13-8-9-16(10-14(13)2)18-12-23-19(22-18)17(11-21-20(23)24)15-6-4-3-5-7-15/h3-12,22H,1-2H3. The summed E-state index contributed by atoms with van der Waals surface area (Å²) in [6.07, 6.45) is 3.87. The highest BCUT2D eigenvalue weighted by molar-refractivity contribution is 7.71. The summed E-state index contributed by atoms with van der Waals surface area (Å²) >= 11 is 5.40. The second-order valence-corrected chi connectivity index (χ2v) is 6.37. The first-order valence-corrected chi connectivity index (χ1v) is 8.28. The van der Waals surface area contributed by atoms with Gasteiger partial charge in [0.15, 0.2) is 0 Å². The number of H-pyrrole nitrogens is 1. The summed E-state index contributed by atoms with van der Waals surface area (Å²) in [5.41, 5.74) is 7.87. The van der Waals surface area contributed by atoms with Crippen LogP contribution in [0.2, 0.25) is 0 Å². The van der Waals surface area contributed by atoms with Crippen LogP contribution in [0.4, 0.5) is 0 Å². The van der Waals surface area contributed by atoms with Gasteiger partial charge >= 0.3 is 0 Å². The van der Waals surface area contributed by atoms with Crippen LogP contribution in [-0.2, 0) is 0 Å². The summed E-state index contributed by atoms with van der Waals surface area (Å²) < 4.78 is 2.50. The number of nitrogens with one attached hydrogen (secondary N) is 1. The Morgan fingerprint density at radius 2 is 1.75 bits per heavy atom. The summed E-state index contributed by atoms with van der Waals surface area (Å²) in [6, 6.07) is 16.7. The number of imidazole rings is 1. The first-order valence-electron chi connectivity index (χ1n) is 7.87. The van der Waals surface area contributed by atoms with Gasteiger partial charge < -0.3 is 4.98 Å². The van der Waals surface area contributed by atoms with Gasteiger partial charge in [0, 0.05) is 18.0 Å². The Morgan fingerprint density at radius 3 is 2.50 bits per heavy atom. The molecule has 0 radical (unpaired) electrons. The summed E-state index contributed by atoms with van der Waals surface area (Å²) in [7, 11) is 0. The zero-order valence-corrected chi connectivity index (χ0v) is 14.4. The van der Waals surface area contributed by atoms with Crippen molar-refractivity contribution in [2.24, 2.45) is 0 Å². The third-order valence-corrected chi connectivity index (χ3v) is 4.72. The lowest BCUT2D eigenvalue weighted by Gasteiger charge is -2.04. The minimum absolute atomic E-state index is 0.552. The van der Waals surface area contributed by atoms with E-state index in [1.807, 2.05) is 35.0 Å². The molecule has 118 valence electrons. The smallest absolute Gasteiger partial charge is 0.205 e. The number of aromatic amines is 1. The van der Waals surface area contributed by atoms with Crippen LogP contribution in [0, 0.1) is 18.6 Å². The number of fused-ring (bicyclic) bond motifs is 1. The van der Waals surface area contributed by atoms with Crippen molar-refractivity contribution in [3.8, 4) is 22.4 Å². The molecule has 24 heavy (non-hydrogen) atoms. The number of benzene rings is 2.